The van der Waals surface area contributed by atoms with E-state index in [1.54, 1.807) is 0 Å². The van der Waals surface area contributed by atoms with Gasteiger partial charge in [-0.25, -0.2) is 4.79 Å². The Bertz CT molecular complexity index is 1450. The van der Waals surface area contributed by atoms with Gasteiger partial charge in [-0.1, -0.05) is 114 Å². The van der Waals surface area contributed by atoms with Crippen LogP contribution >= 0.6 is 0 Å². The molecule has 0 aliphatic rings. The van der Waals surface area contributed by atoms with Crippen molar-refractivity contribution < 1.29 is 23.8 Å². The van der Waals surface area contributed by atoms with Gasteiger partial charge in [0, 0.05) is 6.54 Å². The molecule has 1 N–H and O–H groups in total. The minimum absolute atomic E-state index is 0.00110. The zero-order valence-corrected chi connectivity index (χ0v) is 31.8. The highest BCUT2D eigenvalue weighted by molar-refractivity contribution is 5.95. The monoisotopic (exact) mass is 713 g/mol. The van der Waals surface area contributed by atoms with E-state index in [9.17, 15) is 14.4 Å². The van der Waals surface area contributed by atoms with Gasteiger partial charge in [0.1, 0.15) is 11.5 Å². The summed E-state index contributed by atoms with van der Waals surface area (Å²) in [4.78, 5) is 38.7. The summed E-state index contributed by atoms with van der Waals surface area (Å²) in [5.74, 6) is 0.736. The molecule has 0 radical (unpaired) electrons. The van der Waals surface area contributed by atoms with E-state index < -0.39 is 17.3 Å². The molecule has 0 spiro atoms. The van der Waals surface area contributed by atoms with Crippen LogP contribution in [0.1, 0.15) is 150 Å². The fraction of sp³-hybridized carbons (Fsp3) is 0.533. The number of amides is 1. The van der Waals surface area contributed by atoms with Crippen LogP contribution in [0.25, 0.3) is 0 Å². The Labute approximate surface area is 312 Å². The fourth-order valence-electron chi connectivity index (χ4n) is 6.29. The summed E-state index contributed by atoms with van der Waals surface area (Å²) >= 11 is 0. The van der Waals surface area contributed by atoms with Gasteiger partial charge in [-0.3, -0.25) is 9.59 Å². The van der Waals surface area contributed by atoms with Crippen LogP contribution in [-0.2, 0) is 4.74 Å². The minimum atomic E-state index is -0.520. The molecule has 284 valence electrons. The number of benzene rings is 2. The van der Waals surface area contributed by atoms with Gasteiger partial charge in [0.2, 0.25) is 0 Å². The summed E-state index contributed by atoms with van der Waals surface area (Å²) in [5, 5.41) is 2.89. The number of hydrogen-bond donors (Lipinski definition) is 1. The lowest BCUT2D eigenvalue weighted by molar-refractivity contribution is 0.0480. The number of ether oxygens (including phenoxy) is 3. The molecule has 3 rings (SSSR count). The first kappa shape index (κ1) is 42.3. The fourth-order valence-corrected chi connectivity index (χ4v) is 6.29. The predicted molar refractivity (Wildman–Crippen MR) is 211 cm³/mol. The maximum absolute atomic E-state index is 13.0. The first-order valence-electron chi connectivity index (χ1n) is 20.0. The molecule has 3 aromatic rings. The van der Waals surface area contributed by atoms with Gasteiger partial charge in [-0.2, -0.15) is 0 Å². The number of esters is 1. The third kappa shape index (κ3) is 17.9. The second-order valence-electron chi connectivity index (χ2n) is 13.8. The van der Waals surface area contributed by atoms with Crippen LogP contribution < -0.4 is 20.2 Å². The van der Waals surface area contributed by atoms with Crippen LogP contribution in [0.4, 0.5) is 0 Å². The Morgan fingerprint density at radius 1 is 0.558 bits per heavy atom. The normalized spacial score (nSPS) is 12.1. The minimum Gasteiger partial charge on any atom is -0.490 e. The number of carbonyl (C=O) groups excluding carboxylic acids is 2. The summed E-state index contributed by atoms with van der Waals surface area (Å²) in [6.45, 7) is 5.12. The van der Waals surface area contributed by atoms with Gasteiger partial charge in [-0.15, -0.1) is 0 Å². The lowest BCUT2D eigenvalue weighted by atomic mass is 10.0. The number of unbranched alkanes of at least 4 members (excludes halogenated alkanes) is 10. The smallest absolute Gasteiger partial charge is 0.338 e. The maximum atomic E-state index is 13.0. The van der Waals surface area contributed by atoms with Crippen LogP contribution in [0.3, 0.4) is 0 Å². The van der Waals surface area contributed by atoms with Gasteiger partial charge < -0.3 is 19.5 Å². The van der Waals surface area contributed by atoms with Crippen molar-refractivity contribution in [2.24, 2.45) is 0 Å². The average Bonchev–Trinajstić information content (AvgIpc) is 3.36. The molecule has 2 unspecified atom stereocenters. The van der Waals surface area contributed by atoms with E-state index in [0.29, 0.717) is 13.0 Å². The zero-order chi connectivity index (χ0) is 37.1. The second-order valence-corrected chi connectivity index (χ2v) is 13.8. The molecule has 0 aliphatic carbocycles. The molecule has 0 aromatic heterocycles. The Morgan fingerprint density at radius 3 is 1.60 bits per heavy atom. The molecule has 0 aliphatic heterocycles. The van der Waals surface area contributed by atoms with Crippen LogP contribution in [0.15, 0.2) is 89.7 Å². The van der Waals surface area contributed by atoms with E-state index in [4.69, 9.17) is 14.2 Å². The highest BCUT2D eigenvalue weighted by Gasteiger charge is 2.15. The molecule has 0 bridgehead atoms. The third-order valence-electron chi connectivity index (χ3n) is 9.33. The zero-order valence-electron chi connectivity index (χ0n) is 31.8. The van der Waals surface area contributed by atoms with Crippen molar-refractivity contribution in [3.63, 3.8) is 0 Å². The lowest BCUT2D eigenvalue weighted by Crippen LogP contribution is -2.29. The van der Waals surface area contributed by atoms with E-state index >= 15 is 0 Å². The van der Waals surface area contributed by atoms with Gasteiger partial charge in [-0.05, 0) is 99.9 Å². The van der Waals surface area contributed by atoms with Crippen molar-refractivity contribution in [3.8, 4) is 11.5 Å². The van der Waals surface area contributed by atoms with Crippen molar-refractivity contribution in [1.82, 2.24) is 5.32 Å². The molecule has 7 heteroatoms. The molecular formula is C45H63NO6. The van der Waals surface area contributed by atoms with Crippen LogP contribution in [0.5, 0.6) is 11.5 Å². The molecule has 1 amide bonds. The van der Waals surface area contributed by atoms with Gasteiger partial charge in [0.05, 0.1) is 29.9 Å². The Hall–Kier alpha value is -4.13. The van der Waals surface area contributed by atoms with E-state index in [0.717, 1.165) is 56.4 Å². The SMILES string of the molecule is CCCCCCCCC(CCCNC(=O)c1ccc(C(=O)OCCCC(CCCCCCCC)Oc2ccccc2)ccc1=O)Oc1ccccc1. The number of rotatable bonds is 28. The molecule has 0 fully saturated rings. The Kier molecular flexibility index (Phi) is 21.6. The number of para-hydroxylation sites is 2. The number of hydrogen-bond acceptors (Lipinski definition) is 6. The molecule has 0 saturated heterocycles. The number of carbonyl (C=O) groups is 2. The summed E-state index contributed by atoms with van der Waals surface area (Å²) < 4.78 is 18.1. The summed E-state index contributed by atoms with van der Waals surface area (Å²) in [7, 11) is 0. The molecule has 0 heterocycles. The van der Waals surface area contributed by atoms with Gasteiger partial charge >= 0.3 is 5.97 Å². The quantitative estimate of drug-likeness (QED) is 0.0595. The Balaban J connectivity index is 1.44. The molecule has 7 nitrogen and oxygen atoms in total. The van der Waals surface area contributed by atoms with Crippen molar-refractivity contribution in [3.05, 3.63) is 106 Å². The largest absolute Gasteiger partial charge is 0.490 e. The summed E-state index contributed by atoms with van der Waals surface area (Å²) in [6.07, 6.45) is 19.7. The standard InChI is InChI=1S/C45H63NO6/c1-3-5-7-9-11-15-23-40(51-38-25-17-13-18-26-38)29-21-35-46-44(48)42-33-31-37(32-34-43(42)47)45(49)50-36-22-30-41(24-16-12-10-8-6-4-2)52-39-27-19-14-20-28-39/h13-14,17-20,25-28,31-34,40-41H,3-12,15-16,21-24,29-30,35-36H2,1-2H3,(H,46,48). The summed E-state index contributed by atoms with van der Waals surface area (Å²) in [6, 6.07) is 25.3. The number of nitrogens with one attached hydrogen (secondary N) is 1. The Morgan fingerprint density at radius 2 is 1.04 bits per heavy atom. The molecular weight excluding hydrogens is 650 g/mol. The maximum Gasteiger partial charge on any atom is 0.338 e. The first-order valence-corrected chi connectivity index (χ1v) is 20.0. The first-order chi connectivity index (χ1) is 25.5. The van der Waals surface area contributed by atoms with Crippen LogP contribution in [-0.4, -0.2) is 37.2 Å². The van der Waals surface area contributed by atoms with Gasteiger partial charge in [0.15, 0.2) is 5.43 Å². The van der Waals surface area contributed by atoms with Crippen molar-refractivity contribution in [2.45, 2.75) is 142 Å². The van der Waals surface area contributed by atoms with Crippen molar-refractivity contribution >= 4 is 11.9 Å². The van der Waals surface area contributed by atoms with Crippen LogP contribution in [0, 0.1) is 0 Å². The van der Waals surface area contributed by atoms with Crippen molar-refractivity contribution in [2.75, 3.05) is 13.2 Å². The van der Waals surface area contributed by atoms with E-state index in [-0.39, 0.29) is 29.9 Å². The topological polar surface area (TPSA) is 90.9 Å². The van der Waals surface area contributed by atoms with Crippen molar-refractivity contribution in [1.29, 1.82) is 0 Å². The third-order valence-corrected chi connectivity index (χ3v) is 9.33. The van der Waals surface area contributed by atoms with E-state index in [2.05, 4.69) is 19.2 Å². The lowest BCUT2D eigenvalue weighted by Gasteiger charge is -2.19. The average molecular weight is 714 g/mol. The van der Waals surface area contributed by atoms with Gasteiger partial charge in [0.25, 0.3) is 5.91 Å². The highest BCUT2D eigenvalue weighted by atomic mass is 16.5. The molecule has 3 aromatic carbocycles. The summed E-state index contributed by atoms with van der Waals surface area (Å²) in [5.41, 5.74) is -0.213. The molecule has 52 heavy (non-hydrogen) atoms. The highest BCUT2D eigenvalue weighted by Crippen LogP contribution is 2.20. The van der Waals surface area contributed by atoms with Crippen LogP contribution in [0.2, 0.25) is 0 Å². The van der Waals surface area contributed by atoms with E-state index in [1.165, 1.54) is 88.5 Å². The molecule has 2 atom stereocenters. The second kappa shape index (κ2) is 26.6. The van der Waals surface area contributed by atoms with E-state index in [1.807, 2.05) is 60.7 Å². The predicted octanol–water partition coefficient (Wildman–Crippen LogP) is 10.9. The molecule has 0 saturated carbocycles.